The van der Waals surface area contributed by atoms with E-state index in [-0.39, 0.29) is 12.7 Å². The van der Waals surface area contributed by atoms with E-state index in [0.717, 1.165) is 18.4 Å². The lowest BCUT2D eigenvalue weighted by Crippen LogP contribution is -2.56. The predicted molar refractivity (Wildman–Crippen MR) is 80.8 cm³/mol. The van der Waals surface area contributed by atoms with Crippen LogP contribution >= 0.6 is 0 Å². The Morgan fingerprint density at radius 1 is 1.38 bits per heavy atom. The molecule has 2 rings (SSSR count). The van der Waals surface area contributed by atoms with E-state index >= 15 is 0 Å². The van der Waals surface area contributed by atoms with Crippen molar-refractivity contribution in [1.82, 2.24) is 5.32 Å². The van der Waals surface area contributed by atoms with E-state index in [1.807, 2.05) is 37.3 Å². The molecular weight excluding hydrogens is 268 g/mol. The highest BCUT2D eigenvalue weighted by molar-refractivity contribution is 5.86. The molecule has 21 heavy (non-hydrogen) atoms. The molecule has 1 aromatic rings. The lowest BCUT2D eigenvalue weighted by Gasteiger charge is -2.34. The molecule has 1 atom stereocenters. The summed E-state index contributed by atoms with van der Waals surface area (Å²) in [4.78, 5) is 12.1. The number of nitrogens with one attached hydrogen (secondary N) is 1. The average molecular weight is 292 g/mol. The number of hydrogen-bond acceptors (Lipinski definition) is 4. The third kappa shape index (κ3) is 3.81. The number of hydrogen-bond donors (Lipinski definition) is 2. The van der Waals surface area contributed by atoms with Gasteiger partial charge in [-0.15, -0.1) is 0 Å². The first kappa shape index (κ1) is 15.9. The molecule has 116 valence electrons. The van der Waals surface area contributed by atoms with Crippen LogP contribution in [0.1, 0.15) is 25.3 Å². The van der Waals surface area contributed by atoms with E-state index in [0.29, 0.717) is 19.8 Å². The minimum atomic E-state index is -0.978. The first-order chi connectivity index (χ1) is 10.2. The van der Waals surface area contributed by atoms with Gasteiger partial charge >= 0.3 is 0 Å². The summed E-state index contributed by atoms with van der Waals surface area (Å²) in [6.45, 7) is 4.25. The molecule has 1 aromatic carbocycles. The van der Waals surface area contributed by atoms with Gasteiger partial charge in [0.2, 0.25) is 5.91 Å². The van der Waals surface area contributed by atoms with E-state index in [9.17, 15) is 4.79 Å². The fourth-order valence-electron chi connectivity index (χ4n) is 2.65. The first-order valence-corrected chi connectivity index (χ1v) is 7.49. The Morgan fingerprint density at radius 3 is 2.62 bits per heavy atom. The third-order valence-electron chi connectivity index (χ3n) is 3.87. The Labute approximate surface area is 125 Å². The van der Waals surface area contributed by atoms with E-state index in [4.69, 9.17) is 15.2 Å². The van der Waals surface area contributed by atoms with Crippen molar-refractivity contribution in [1.29, 1.82) is 0 Å². The van der Waals surface area contributed by atoms with Gasteiger partial charge in [-0.05, 0) is 24.9 Å². The number of nitrogens with two attached hydrogens (primary N) is 1. The average Bonchev–Trinajstić information content (AvgIpc) is 2.53. The topological polar surface area (TPSA) is 73.6 Å². The molecule has 1 aliphatic heterocycles. The van der Waals surface area contributed by atoms with Crippen LogP contribution < -0.4 is 11.1 Å². The van der Waals surface area contributed by atoms with Crippen LogP contribution in [0, 0.1) is 0 Å². The second-order valence-electron chi connectivity index (χ2n) is 5.29. The van der Waals surface area contributed by atoms with Gasteiger partial charge in [0, 0.05) is 13.2 Å². The lowest BCUT2D eigenvalue weighted by atomic mass is 9.89. The summed E-state index contributed by atoms with van der Waals surface area (Å²) in [7, 11) is 0. The van der Waals surface area contributed by atoms with Crippen LogP contribution in [-0.2, 0) is 19.8 Å². The van der Waals surface area contributed by atoms with Gasteiger partial charge < -0.3 is 15.2 Å². The van der Waals surface area contributed by atoms with Gasteiger partial charge in [0.15, 0.2) is 0 Å². The Kier molecular flexibility index (Phi) is 5.73. The fraction of sp³-hybridized carbons (Fsp3) is 0.562. The summed E-state index contributed by atoms with van der Waals surface area (Å²) < 4.78 is 11.3. The monoisotopic (exact) mass is 292 g/mol. The second-order valence-corrected chi connectivity index (χ2v) is 5.29. The molecule has 1 amide bonds. The summed E-state index contributed by atoms with van der Waals surface area (Å²) in [5.74, 6) is -0.414. The van der Waals surface area contributed by atoms with Gasteiger partial charge in [-0.1, -0.05) is 37.3 Å². The lowest BCUT2D eigenvalue weighted by molar-refractivity contribution is -0.130. The third-order valence-corrected chi connectivity index (χ3v) is 3.87. The predicted octanol–water partition coefficient (Wildman–Crippen LogP) is 1.17. The molecule has 0 aliphatic carbocycles. The molecule has 1 unspecified atom stereocenters. The maximum atomic E-state index is 12.1. The van der Waals surface area contributed by atoms with Gasteiger partial charge in [-0.3, -0.25) is 10.1 Å². The van der Waals surface area contributed by atoms with Crippen LogP contribution in [0.25, 0.3) is 0 Å². The maximum Gasteiger partial charge on any atom is 0.244 e. The van der Waals surface area contributed by atoms with Gasteiger partial charge in [-0.2, -0.15) is 0 Å². The molecule has 0 spiro atoms. The SMILES string of the molecule is CCNC(COC1CCOCC1)(C(N)=O)c1ccccc1. The fourth-order valence-corrected chi connectivity index (χ4v) is 2.65. The smallest absolute Gasteiger partial charge is 0.244 e. The summed E-state index contributed by atoms with van der Waals surface area (Å²) in [5.41, 5.74) is 5.56. The Hall–Kier alpha value is -1.43. The molecule has 0 aromatic heterocycles. The quantitative estimate of drug-likeness (QED) is 0.791. The van der Waals surface area contributed by atoms with Gasteiger partial charge in [0.1, 0.15) is 5.54 Å². The summed E-state index contributed by atoms with van der Waals surface area (Å²) >= 11 is 0. The molecule has 1 fully saturated rings. The van der Waals surface area contributed by atoms with Crippen molar-refractivity contribution in [2.75, 3.05) is 26.4 Å². The van der Waals surface area contributed by atoms with E-state index in [1.165, 1.54) is 0 Å². The number of likely N-dealkylation sites (N-methyl/N-ethyl adjacent to an activating group) is 1. The second kappa shape index (κ2) is 7.54. The van der Waals surface area contributed by atoms with Crippen LogP contribution in [0.4, 0.5) is 0 Å². The zero-order valence-electron chi connectivity index (χ0n) is 12.5. The van der Waals surface area contributed by atoms with E-state index in [1.54, 1.807) is 0 Å². The zero-order valence-corrected chi connectivity index (χ0v) is 12.5. The largest absolute Gasteiger partial charge is 0.381 e. The van der Waals surface area contributed by atoms with Crippen LogP contribution in [-0.4, -0.2) is 38.4 Å². The number of rotatable bonds is 7. The number of benzene rings is 1. The highest BCUT2D eigenvalue weighted by Crippen LogP contribution is 2.23. The number of primary amides is 1. The summed E-state index contributed by atoms with van der Waals surface area (Å²) in [6.07, 6.45) is 1.84. The standard InChI is InChI=1S/C16H24N2O3/c1-2-18-16(15(17)19,13-6-4-3-5-7-13)12-21-14-8-10-20-11-9-14/h3-7,14,18H,2,8-12H2,1H3,(H2,17,19). The van der Waals surface area contributed by atoms with Gasteiger partial charge in [-0.25, -0.2) is 0 Å². The van der Waals surface area contributed by atoms with Crippen molar-refractivity contribution in [2.45, 2.75) is 31.4 Å². The highest BCUT2D eigenvalue weighted by atomic mass is 16.5. The molecule has 5 heteroatoms. The van der Waals surface area contributed by atoms with Gasteiger partial charge in [0.25, 0.3) is 0 Å². The number of ether oxygens (including phenoxy) is 2. The maximum absolute atomic E-state index is 12.1. The van der Waals surface area contributed by atoms with Crippen molar-refractivity contribution in [3.8, 4) is 0 Å². The van der Waals surface area contributed by atoms with E-state index < -0.39 is 11.4 Å². The van der Waals surface area contributed by atoms with Crippen LogP contribution in [0.3, 0.4) is 0 Å². The van der Waals surface area contributed by atoms with E-state index in [2.05, 4.69) is 5.32 Å². The van der Waals surface area contributed by atoms with Crippen molar-refractivity contribution in [2.24, 2.45) is 5.73 Å². The molecule has 0 radical (unpaired) electrons. The van der Waals surface area contributed by atoms with Crippen LogP contribution in [0.2, 0.25) is 0 Å². The molecule has 3 N–H and O–H groups in total. The molecule has 0 bridgehead atoms. The number of carbonyl (C=O) groups excluding carboxylic acids is 1. The molecule has 1 aliphatic rings. The van der Waals surface area contributed by atoms with Crippen molar-refractivity contribution < 1.29 is 14.3 Å². The molecule has 1 saturated heterocycles. The Balaban J connectivity index is 2.16. The molecule has 5 nitrogen and oxygen atoms in total. The summed E-state index contributed by atoms with van der Waals surface area (Å²) in [6, 6.07) is 9.53. The first-order valence-electron chi connectivity index (χ1n) is 7.49. The van der Waals surface area contributed by atoms with Crippen molar-refractivity contribution >= 4 is 5.91 Å². The molecule has 0 saturated carbocycles. The minimum absolute atomic E-state index is 0.125. The Bertz CT molecular complexity index is 446. The van der Waals surface area contributed by atoms with Gasteiger partial charge in [0.05, 0.1) is 12.7 Å². The normalized spacial score (nSPS) is 19.1. The highest BCUT2D eigenvalue weighted by Gasteiger charge is 2.39. The number of carbonyl (C=O) groups is 1. The molecular formula is C16H24N2O3. The zero-order chi connectivity index (χ0) is 15.1. The van der Waals surface area contributed by atoms with Crippen LogP contribution in [0.5, 0.6) is 0 Å². The molecule has 1 heterocycles. The van der Waals surface area contributed by atoms with Crippen molar-refractivity contribution in [3.05, 3.63) is 35.9 Å². The van der Waals surface area contributed by atoms with Crippen LogP contribution in [0.15, 0.2) is 30.3 Å². The number of amides is 1. The van der Waals surface area contributed by atoms with Crippen molar-refractivity contribution in [3.63, 3.8) is 0 Å². The minimum Gasteiger partial charge on any atom is -0.381 e. The Morgan fingerprint density at radius 2 is 2.05 bits per heavy atom. The summed E-state index contributed by atoms with van der Waals surface area (Å²) in [5, 5.41) is 3.22.